The molecule has 0 radical (unpaired) electrons. The highest BCUT2D eigenvalue weighted by molar-refractivity contribution is 5.77. The number of hydrogen-bond donors (Lipinski definition) is 0. The smallest absolute Gasteiger partial charge is 0.372 e. The number of nitrogens with zero attached hydrogens (tertiary/aromatic N) is 4. The maximum absolute atomic E-state index is 12.0. The van der Waals surface area contributed by atoms with E-state index in [1.807, 2.05) is 13.8 Å². The van der Waals surface area contributed by atoms with Gasteiger partial charge in [-0.15, -0.1) is 0 Å². The molecule has 0 atom stereocenters. The maximum Gasteiger partial charge on any atom is 0.422 e. The first kappa shape index (κ1) is 13.3. The molecule has 0 aliphatic rings. The van der Waals surface area contributed by atoms with Crippen LogP contribution in [0.4, 0.5) is 0 Å². The standard InChI is InChI=1S/C14H14N4O3/c1-9(2)18-12(15-8-16-18)7-17-11-6-4-3-5-10(11)13(19)21-14(17)20/h3-6,8-9H,7H2,1-2H3. The lowest BCUT2D eigenvalue weighted by molar-refractivity contribution is 0.414. The number of fused-ring (bicyclic) bond motifs is 1. The normalized spacial score (nSPS) is 11.4. The van der Waals surface area contributed by atoms with E-state index < -0.39 is 11.4 Å². The summed E-state index contributed by atoms with van der Waals surface area (Å²) in [5.74, 6) is -0.0666. The van der Waals surface area contributed by atoms with Gasteiger partial charge in [0, 0.05) is 6.04 Å². The fourth-order valence-corrected chi connectivity index (χ4v) is 2.28. The summed E-state index contributed by atoms with van der Waals surface area (Å²) >= 11 is 0. The SMILES string of the molecule is CC(C)n1ncnc1Cn1c(=O)oc(=O)c2ccccc21. The molecule has 0 saturated heterocycles. The molecule has 3 rings (SSSR count). The van der Waals surface area contributed by atoms with Crippen LogP contribution in [0.25, 0.3) is 10.9 Å². The molecule has 3 aromatic rings. The van der Waals surface area contributed by atoms with Gasteiger partial charge in [-0.05, 0) is 26.0 Å². The average molecular weight is 286 g/mol. The van der Waals surface area contributed by atoms with Crippen LogP contribution in [0.3, 0.4) is 0 Å². The van der Waals surface area contributed by atoms with Crippen LogP contribution >= 0.6 is 0 Å². The summed E-state index contributed by atoms with van der Waals surface area (Å²) in [7, 11) is 0. The van der Waals surface area contributed by atoms with Crippen molar-refractivity contribution in [1.82, 2.24) is 19.3 Å². The Morgan fingerprint density at radius 2 is 2.00 bits per heavy atom. The Balaban J connectivity index is 2.19. The molecule has 0 unspecified atom stereocenters. The third-order valence-electron chi connectivity index (χ3n) is 3.25. The molecule has 7 nitrogen and oxygen atoms in total. The van der Waals surface area contributed by atoms with Gasteiger partial charge in [0.25, 0.3) is 0 Å². The predicted octanol–water partition coefficient (Wildman–Crippen LogP) is 1.18. The third-order valence-corrected chi connectivity index (χ3v) is 3.25. The lowest BCUT2D eigenvalue weighted by Crippen LogP contribution is -2.27. The molecule has 0 amide bonds. The maximum atomic E-state index is 12.0. The highest BCUT2D eigenvalue weighted by Crippen LogP contribution is 2.11. The Labute approximate surface area is 119 Å². The second-order valence-electron chi connectivity index (χ2n) is 4.97. The van der Waals surface area contributed by atoms with E-state index in [0.717, 1.165) is 0 Å². The zero-order valence-electron chi connectivity index (χ0n) is 11.7. The Morgan fingerprint density at radius 3 is 2.76 bits per heavy atom. The van der Waals surface area contributed by atoms with E-state index in [1.165, 1.54) is 10.9 Å². The first-order valence-corrected chi connectivity index (χ1v) is 6.59. The summed E-state index contributed by atoms with van der Waals surface area (Å²) < 4.78 is 7.88. The molecule has 1 aromatic carbocycles. The number of hydrogen-bond acceptors (Lipinski definition) is 5. The fourth-order valence-electron chi connectivity index (χ4n) is 2.28. The third kappa shape index (κ3) is 2.26. The molecule has 0 bridgehead atoms. The van der Waals surface area contributed by atoms with Gasteiger partial charge < -0.3 is 4.42 Å². The molecule has 0 saturated carbocycles. The second-order valence-corrected chi connectivity index (χ2v) is 4.97. The first-order valence-electron chi connectivity index (χ1n) is 6.59. The van der Waals surface area contributed by atoms with Gasteiger partial charge in [-0.25, -0.2) is 19.3 Å². The molecular formula is C14H14N4O3. The number of aromatic nitrogens is 4. The lowest BCUT2D eigenvalue weighted by Gasteiger charge is -2.11. The van der Waals surface area contributed by atoms with Crippen LogP contribution in [0, 0.1) is 0 Å². The van der Waals surface area contributed by atoms with Gasteiger partial charge in [0.1, 0.15) is 12.2 Å². The predicted molar refractivity (Wildman–Crippen MR) is 76.3 cm³/mol. The molecule has 0 fully saturated rings. The summed E-state index contributed by atoms with van der Waals surface area (Å²) in [6.07, 6.45) is 1.45. The number of rotatable bonds is 3. The minimum absolute atomic E-state index is 0.125. The van der Waals surface area contributed by atoms with E-state index in [0.29, 0.717) is 16.7 Å². The van der Waals surface area contributed by atoms with Crippen LogP contribution in [0.1, 0.15) is 25.7 Å². The molecule has 0 N–H and O–H groups in total. The summed E-state index contributed by atoms with van der Waals surface area (Å²) in [5.41, 5.74) is -0.103. The van der Waals surface area contributed by atoms with E-state index in [-0.39, 0.29) is 12.6 Å². The van der Waals surface area contributed by atoms with Crippen molar-refractivity contribution in [2.45, 2.75) is 26.4 Å². The van der Waals surface area contributed by atoms with E-state index >= 15 is 0 Å². The van der Waals surface area contributed by atoms with Crippen molar-refractivity contribution in [3.63, 3.8) is 0 Å². The summed E-state index contributed by atoms with van der Waals surface area (Å²) in [5, 5.41) is 4.51. The molecule has 108 valence electrons. The highest BCUT2D eigenvalue weighted by atomic mass is 16.4. The topological polar surface area (TPSA) is 82.9 Å². The van der Waals surface area contributed by atoms with Crippen molar-refractivity contribution in [2.75, 3.05) is 0 Å². The summed E-state index contributed by atoms with van der Waals surface area (Å²) in [4.78, 5) is 27.9. The fraction of sp³-hybridized carbons (Fsp3) is 0.286. The Morgan fingerprint density at radius 1 is 1.24 bits per heavy atom. The van der Waals surface area contributed by atoms with Gasteiger partial charge >= 0.3 is 11.4 Å². The van der Waals surface area contributed by atoms with Gasteiger partial charge in [0.15, 0.2) is 0 Å². The van der Waals surface area contributed by atoms with E-state index in [4.69, 9.17) is 4.42 Å². The summed E-state index contributed by atoms with van der Waals surface area (Å²) in [6, 6.07) is 6.96. The average Bonchev–Trinajstić information content (AvgIpc) is 2.92. The number of para-hydroxylation sites is 1. The van der Waals surface area contributed by atoms with Crippen LogP contribution in [0.5, 0.6) is 0 Å². The minimum atomic E-state index is -0.697. The molecule has 0 aliphatic carbocycles. The quantitative estimate of drug-likeness (QED) is 0.722. The molecule has 2 heterocycles. The van der Waals surface area contributed by atoms with E-state index in [2.05, 4.69) is 10.1 Å². The van der Waals surface area contributed by atoms with Crippen molar-refractivity contribution in [3.8, 4) is 0 Å². The second kappa shape index (κ2) is 5.01. The zero-order valence-corrected chi connectivity index (χ0v) is 11.7. The summed E-state index contributed by atoms with van der Waals surface area (Å²) in [6.45, 7) is 4.15. The van der Waals surface area contributed by atoms with Crippen molar-refractivity contribution in [2.24, 2.45) is 0 Å². The van der Waals surface area contributed by atoms with Crippen molar-refractivity contribution in [1.29, 1.82) is 0 Å². The first-order chi connectivity index (χ1) is 10.1. The lowest BCUT2D eigenvalue weighted by atomic mass is 10.2. The van der Waals surface area contributed by atoms with E-state index in [1.54, 1.807) is 28.9 Å². The molecule has 0 spiro atoms. The van der Waals surface area contributed by atoms with Crippen LogP contribution < -0.4 is 11.4 Å². The van der Waals surface area contributed by atoms with Gasteiger partial charge in [-0.3, -0.25) is 4.57 Å². The van der Waals surface area contributed by atoms with Gasteiger partial charge in [-0.2, -0.15) is 5.10 Å². The highest BCUT2D eigenvalue weighted by Gasteiger charge is 2.13. The van der Waals surface area contributed by atoms with Gasteiger partial charge in [0.05, 0.1) is 17.4 Å². The van der Waals surface area contributed by atoms with Crippen LogP contribution in [-0.4, -0.2) is 19.3 Å². The van der Waals surface area contributed by atoms with Crippen LogP contribution in [-0.2, 0) is 6.54 Å². The molecular weight excluding hydrogens is 272 g/mol. The molecule has 7 heteroatoms. The largest absolute Gasteiger partial charge is 0.422 e. The molecule has 2 aromatic heterocycles. The van der Waals surface area contributed by atoms with E-state index in [9.17, 15) is 9.59 Å². The zero-order chi connectivity index (χ0) is 15.0. The van der Waals surface area contributed by atoms with Crippen molar-refractivity contribution in [3.05, 3.63) is 57.4 Å². The Hall–Kier alpha value is -2.70. The van der Waals surface area contributed by atoms with Crippen LogP contribution in [0.15, 0.2) is 44.6 Å². The van der Waals surface area contributed by atoms with Gasteiger partial charge in [0.2, 0.25) is 0 Å². The van der Waals surface area contributed by atoms with Crippen molar-refractivity contribution < 1.29 is 4.42 Å². The van der Waals surface area contributed by atoms with Crippen LogP contribution in [0.2, 0.25) is 0 Å². The molecule has 21 heavy (non-hydrogen) atoms. The van der Waals surface area contributed by atoms with Gasteiger partial charge in [-0.1, -0.05) is 12.1 Å². The van der Waals surface area contributed by atoms with Crippen molar-refractivity contribution >= 4 is 10.9 Å². The Bertz CT molecular complexity index is 904. The molecule has 0 aliphatic heterocycles. The monoisotopic (exact) mass is 286 g/mol. The number of benzene rings is 1. The Kier molecular flexibility index (Phi) is 3.17. The minimum Gasteiger partial charge on any atom is -0.372 e.